The number of nitrogens with zero attached hydrogens (tertiary/aromatic N) is 1. The molecule has 188 valence electrons. The zero-order valence-electron chi connectivity index (χ0n) is 19.9. The van der Waals surface area contributed by atoms with Crippen molar-refractivity contribution in [2.24, 2.45) is 34.5 Å². The summed E-state index contributed by atoms with van der Waals surface area (Å²) in [6.45, 7) is 3.73. The Balaban J connectivity index is 1.69. The Labute approximate surface area is 194 Å². The Kier molecular flexibility index (Phi) is 4.82. The van der Waals surface area contributed by atoms with Crippen molar-refractivity contribution in [2.45, 2.75) is 73.9 Å². The Hall–Kier alpha value is -0.360. The maximum atomic E-state index is 12.8. The van der Waals surface area contributed by atoms with E-state index in [1.54, 1.807) is 14.2 Å². The second kappa shape index (κ2) is 6.89. The summed E-state index contributed by atoms with van der Waals surface area (Å²) in [5, 5.41) is 60.3. The van der Waals surface area contributed by atoms with Gasteiger partial charge in [0, 0.05) is 68.8 Å². The molecule has 5 saturated carbocycles. The first-order valence-corrected chi connectivity index (χ1v) is 12.4. The van der Waals surface area contributed by atoms with E-state index in [0.29, 0.717) is 32.5 Å². The van der Waals surface area contributed by atoms with Gasteiger partial charge in [-0.1, -0.05) is 6.92 Å². The minimum Gasteiger partial charge on any atom is -0.392 e. The maximum Gasteiger partial charge on any atom is 0.136 e. The largest absolute Gasteiger partial charge is 0.392 e. The minimum atomic E-state index is -1.75. The highest BCUT2D eigenvalue weighted by Crippen LogP contribution is 2.80. The molecule has 1 saturated heterocycles. The van der Waals surface area contributed by atoms with Crippen molar-refractivity contribution in [1.82, 2.24) is 4.90 Å². The van der Waals surface area contributed by atoms with Gasteiger partial charge in [-0.3, -0.25) is 4.90 Å². The number of aliphatic hydroxyl groups excluding tert-OH is 3. The van der Waals surface area contributed by atoms with E-state index >= 15 is 0 Å². The van der Waals surface area contributed by atoms with Gasteiger partial charge in [-0.15, -0.1) is 0 Å². The van der Waals surface area contributed by atoms with Gasteiger partial charge >= 0.3 is 0 Å². The third-order valence-corrected chi connectivity index (χ3v) is 11.3. The van der Waals surface area contributed by atoms with Crippen molar-refractivity contribution in [1.29, 1.82) is 0 Å². The van der Waals surface area contributed by atoms with Gasteiger partial charge in [0.1, 0.15) is 11.2 Å². The number of methoxy groups -OCH3 is 3. The van der Waals surface area contributed by atoms with Crippen LogP contribution in [0.4, 0.5) is 0 Å². The Bertz CT molecular complexity index is 830. The van der Waals surface area contributed by atoms with Crippen LogP contribution in [0, 0.1) is 34.5 Å². The number of likely N-dealkylation sites (N-methyl/N-ethyl adjacent to an activating group) is 1. The van der Waals surface area contributed by atoms with Crippen LogP contribution in [0.2, 0.25) is 0 Å². The van der Waals surface area contributed by atoms with E-state index in [2.05, 4.69) is 4.90 Å². The number of rotatable bonds is 5. The lowest BCUT2D eigenvalue weighted by Gasteiger charge is -2.69. The molecule has 0 aromatic heterocycles. The first kappa shape index (κ1) is 23.1. The highest BCUT2D eigenvalue weighted by Gasteiger charge is 2.92. The van der Waals surface area contributed by atoms with Crippen molar-refractivity contribution in [3.05, 3.63) is 0 Å². The van der Waals surface area contributed by atoms with E-state index in [4.69, 9.17) is 14.2 Å². The van der Waals surface area contributed by atoms with Crippen molar-refractivity contribution >= 4 is 0 Å². The molecule has 14 atom stereocenters. The molecule has 5 aliphatic carbocycles. The third kappa shape index (κ3) is 2.12. The molecule has 1 aliphatic heterocycles. The van der Waals surface area contributed by atoms with Gasteiger partial charge in [-0.25, -0.2) is 0 Å². The van der Waals surface area contributed by atoms with Crippen LogP contribution in [-0.4, -0.2) is 119 Å². The average molecular weight is 470 g/mol. The zero-order chi connectivity index (χ0) is 23.7. The van der Waals surface area contributed by atoms with Gasteiger partial charge in [0.2, 0.25) is 0 Å². The average Bonchev–Trinajstić information content (AvgIpc) is 3.09. The molecule has 1 heterocycles. The molecule has 6 unspecified atom stereocenters. The van der Waals surface area contributed by atoms with Crippen LogP contribution in [0.3, 0.4) is 0 Å². The van der Waals surface area contributed by atoms with Crippen molar-refractivity contribution in [3.63, 3.8) is 0 Å². The van der Waals surface area contributed by atoms with Gasteiger partial charge in [0.25, 0.3) is 0 Å². The van der Waals surface area contributed by atoms with E-state index in [1.807, 2.05) is 6.92 Å². The van der Waals surface area contributed by atoms with Gasteiger partial charge in [0.15, 0.2) is 0 Å². The number of hydrogen-bond donors (Lipinski definition) is 5. The lowest BCUT2D eigenvalue weighted by molar-refractivity contribution is -0.319. The van der Waals surface area contributed by atoms with Crippen LogP contribution in [0.1, 0.15) is 26.2 Å². The van der Waals surface area contributed by atoms with E-state index in [-0.39, 0.29) is 12.3 Å². The van der Waals surface area contributed by atoms with Crippen LogP contribution >= 0.6 is 0 Å². The molecule has 33 heavy (non-hydrogen) atoms. The zero-order valence-corrected chi connectivity index (χ0v) is 19.9. The molecule has 5 N–H and O–H groups in total. The number of ether oxygens (including phenoxy) is 3. The van der Waals surface area contributed by atoms with Gasteiger partial charge in [0.05, 0.1) is 43.2 Å². The molecule has 1 spiro atoms. The van der Waals surface area contributed by atoms with Gasteiger partial charge in [-0.2, -0.15) is 0 Å². The van der Waals surface area contributed by atoms with E-state index < -0.39 is 76.3 Å². The number of piperidine rings is 1. The van der Waals surface area contributed by atoms with Crippen LogP contribution in [0.25, 0.3) is 0 Å². The molecule has 6 fully saturated rings. The number of hydrogen-bond acceptors (Lipinski definition) is 9. The van der Waals surface area contributed by atoms with Gasteiger partial charge < -0.3 is 39.7 Å². The highest BCUT2D eigenvalue weighted by molar-refractivity contribution is 5.42. The molecule has 9 heteroatoms. The number of fused-ring (bicyclic) bond motifs is 2. The topological polar surface area (TPSA) is 132 Å². The second-order valence-electron chi connectivity index (χ2n) is 11.8. The molecule has 6 rings (SSSR count). The lowest BCUT2D eigenvalue weighted by atomic mass is 9.42. The summed E-state index contributed by atoms with van der Waals surface area (Å²) in [6.07, 6.45) is -2.91. The van der Waals surface area contributed by atoms with Crippen molar-refractivity contribution in [3.8, 4) is 0 Å². The summed E-state index contributed by atoms with van der Waals surface area (Å²) in [7, 11) is 4.74. The first-order chi connectivity index (χ1) is 15.7. The smallest absolute Gasteiger partial charge is 0.136 e. The maximum absolute atomic E-state index is 12.8. The van der Waals surface area contributed by atoms with Crippen LogP contribution in [0.15, 0.2) is 0 Å². The predicted octanol–water partition coefficient (Wildman–Crippen LogP) is -1.41. The van der Waals surface area contributed by atoms with Crippen LogP contribution < -0.4 is 0 Å². The quantitative estimate of drug-likeness (QED) is 0.329. The van der Waals surface area contributed by atoms with Crippen molar-refractivity contribution < 1.29 is 39.7 Å². The fourth-order valence-corrected chi connectivity index (χ4v) is 10.7. The molecular weight excluding hydrogens is 430 g/mol. The number of likely N-dealkylation sites (tertiary alicyclic amines) is 1. The Morgan fingerprint density at radius 3 is 2.30 bits per heavy atom. The molecule has 7 bridgehead atoms. The summed E-state index contributed by atoms with van der Waals surface area (Å²) in [5.74, 6) is -2.29. The molecule has 0 amide bonds. The molecule has 0 aromatic rings. The monoisotopic (exact) mass is 469 g/mol. The first-order valence-electron chi connectivity index (χ1n) is 12.4. The summed E-state index contributed by atoms with van der Waals surface area (Å²) < 4.78 is 17.5. The summed E-state index contributed by atoms with van der Waals surface area (Å²) >= 11 is 0. The predicted molar refractivity (Wildman–Crippen MR) is 115 cm³/mol. The Morgan fingerprint density at radius 2 is 1.70 bits per heavy atom. The fraction of sp³-hybridized carbons (Fsp3) is 1.00. The van der Waals surface area contributed by atoms with E-state index in [9.17, 15) is 25.5 Å². The van der Waals surface area contributed by atoms with Crippen molar-refractivity contribution in [2.75, 3.05) is 41.0 Å². The molecular formula is C24H39NO8. The van der Waals surface area contributed by atoms with E-state index in [1.165, 1.54) is 7.11 Å². The fourth-order valence-electron chi connectivity index (χ4n) is 10.7. The standard InChI is InChI=1S/C24H39NO8/c1-5-25-9-21(10-31-2)7-6-12(26)23-15-14-16(27)13(17(15)28)11(32-3)8-22(14,29)24(30,20(23)25)19(33-4)18(21)23/h11-20,26-30H,5-10H2,1-4H3/t11-,12-,13+,14?,15?,16?,17?,18?,19?,20-,21-,22+,23+,24-/m0/s1. The third-order valence-electron chi connectivity index (χ3n) is 11.3. The highest BCUT2D eigenvalue weighted by atomic mass is 16.5. The van der Waals surface area contributed by atoms with Crippen LogP contribution in [0.5, 0.6) is 0 Å². The SMILES string of the molecule is CCN1C[C@]2(COC)CC[C@H](O)[C@@]34C5C(O)[C@H]6C(O)C5[C@](O)(C[C@@H]6OC)[C@](O)(C(OC)C23)[C@@H]14. The van der Waals surface area contributed by atoms with Gasteiger partial charge in [-0.05, 0) is 19.4 Å². The summed E-state index contributed by atoms with van der Waals surface area (Å²) in [6, 6.07) is -0.618. The Morgan fingerprint density at radius 1 is 1.00 bits per heavy atom. The summed E-state index contributed by atoms with van der Waals surface area (Å²) in [4.78, 5) is 2.18. The lowest BCUT2D eigenvalue weighted by Crippen LogP contribution is -2.82. The molecule has 0 radical (unpaired) electrons. The molecule has 0 aromatic carbocycles. The summed E-state index contributed by atoms with van der Waals surface area (Å²) in [5.41, 5.74) is -4.85. The molecule has 6 aliphatic rings. The number of aliphatic hydroxyl groups is 5. The van der Waals surface area contributed by atoms with Crippen LogP contribution in [-0.2, 0) is 14.2 Å². The van der Waals surface area contributed by atoms with E-state index in [0.717, 1.165) is 0 Å². The normalized spacial score (nSPS) is 63.2. The molecule has 9 nitrogen and oxygen atoms in total. The minimum absolute atomic E-state index is 0.101. The second-order valence-corrected chi connectivity index (χ2v) is 11.8.